The smallest absolute Gasteiger partial charge is 0.467 e. The van der Waals surface area contributed by atoms with Crippen molar-refractivity contribution in [3.63, 3.8) is 0 Å². The second kappa shape index (κ2) is 10.5. The molecular formula is C19H21NO12. The fourth-order valence-electron chi connectivity index (χ4n) is 2.98. The standard InChI is InChI=1S/C19H21NO12/c1-9-14(28-10(2)21)16(29-11(3)22)18(31-15(9)17(23)27-4)32-19(24)30-13-7-5-12(6-8-13)20(25)26/h5-9,14-16,18H,1-4H3/t9-,14-,15-,16+,18-/m0/s1. The van der Waals surface area contributed by atoms with Crippen LogP contribution in [0.2, 0.25) is 0 Å². The third-order valence-electron chi connectivity index (χ3n) is 4.37. The van der Waals surface area contributed by atoms with E-state index in [4.69, 9.17) is 23.7 Å². The summed E-state index contributed by atoms with van der Waals surface area (Å²) in [5.74, 6) is -3.29. The van der Waals surface area contributed by atoms with E-state index in [9.17, 15) is 29.3 Å². The zero-order chi connectivity index (χ0) is 24.0. The number of nitro benzene ring substituents is 1. The van der Waals surface area contributed by atoms with Crippen LogP contribution in [0.1, 0.15) is 20.8 Å². The number of hydrogen-bond donors (Lipinski definition) is 0. The summed E-state index contributed by atoms with van der Waals surface area (Å²) in [6.07, 6.45) is -6.99. The highest BCUT2D eigenvalue weighted by Gasteiger charge is 2.52. The Morgan fingerprint density at radius 3 is 2.03 bits per heavy atom. The number of nitro groups is 1. The number of ether oxygens (including phenoxy) is 6. The summed E-state index contributed by atoms with van der Waals surface area (Å²) in [5.41, 5.74) is -0.226. The van der Waals surface area contributed by atoms with Crippen LogP contribution in [0, 0.1) is 16.0 Å². The van der Waals surface area contributed by atoms with Crippen LogP contribution in [0.5, 0.6) is 5.75 Å². The summed E-state index contributed by atoms with van der Waals surface area (Å²) in [4.78, 5) is 57.6. The molecular weight excluding hydrogens is 434 g/mol. The first-order chi connectivity index (χ1) is 15.0. The van der Waals surface area contributed by atoms with Crippen LogP contribution in [0.25, 0.3) is 0 Å². The van der Waals surface area contributed by atoms with Gasteiger partial charge in [-0.1, -0.05) is 6.92 Å². The van der Waals surface area contributed by atoms with Gasteiger partial charge in [-0.25, -0.2) is 9.59 Å². The van der Waals surface area contributed by atoms with E-state index in [0.717, 1.165) is 45.2 Å². The Kier molecular flexibility index (Phi) is 8.07. The molecule has 1 saturated heterocycles. The number of esters is 3. The summed E-state index contributed by atoms with van der Waals surface area (Å²) in [7, 11) is 1.11. The van der Waals surface area contributed by atoms with Crippen molar-refractivity contribution in [2.75, 3.05) is 7.11 Å². The summed E-state index contributed by atoms with van der Waals surface area (Å²) in [6.45, 7) is 3.68. The number of non-ortho nitro benzene ring substituents is 1. The second-order valence-corrected chi connectivity index (χ2v) is 6.68. The van der Waals surface area contributed by atoms with Crippen LogP contribution in [0.4, 0.5) is 10.5 Å². The maximum Gasteiger partial charge on any atom is 0.516 e. The first-order valence-corrected chi connectivity index (χ1v) is 9.24. The van der Waals surface area contributed by atoms with Crippen molar-refractivity contribution in [3.8, 4) is 5.75 Å². The van der Waals surface area contributed by atoms with Crippen LogP contribution in [-0.4, -0.2) is 60.7 Å². The van der Waals surface area contributed by atoms with E-state index >= 15 is 0 Å². The van der Waals surface area contributed by atoms with Crippen molar-refractivity contribution in [3.05, 3.63) is 34.4 Å². The number of carbonyl (C=O) groups excluding carboxylic acids is 4. The van der Waals surface area contributed by atoms with Gasteiger partial charge in [-0.05, 0) is 12.1 Å². The summed E-state index contributed by atoms with van der Waals surface area (Å²) >= 11 is 0. The molecule has 0 radical (unpaired) electrons. The van der Waals surface area contributed by atoms with Crippen molar-refractivity contribution in [1.29, 1.82) is 0 Å². The zero-order valence-corrected chi connectivity index (χ0v) is 17.5. The van der Waals surface area contributed by atoms with Crippen LogP contribution in [0.15, 0.2) is 24.3 Å². The highest BCUT2D eigenvalue weighted by molar-refractivity contribution is 5.75. The molecule has 174 valence electrons. The van der Waals surface area contributed by atoms with Crippen LogP contribution in [-0.2, 0) is 38.1 Å². The molecule has 13 heteroatoms. The lowest BCUT2D eigenvalue weighted by Gasteiger charge is -2.42. The first kappa shape index (κ1) is 24.5. The van der Waals surface area contributed by atoms with E-state index in [2.05, 4.69) is 4.74 Å². The largest absolute Gasteiger partial charge is 0.516 e. The van der Waals surface area contributed by atoms with Crippen LogP contribution < -0.4 is 4.74 Å². The Morgan fingerprint density at radius 2 is 1.53 bits per heavy atom. The van der Waals surface area contributed by atoms with Gasteiger partial charge >= 0.3 is 24.1 Å². The second-order valence-electron chi connectivity index (χ2n) is 6.68. The van der Waals surface area contributed by atoms with E-state index in [-0.39, 0.29) is 11.4 Å². The monoisotopic (exact) mass is 455 g/mol. The van der Waals surface area contributed by atoms with Gasteiger partial charge < -0.3 is 28.4 Å². The highest BCUT2D eigenvalue weighted by Crippen LogP contribution is 2.32. The Bertz CT molecular complexity index is 883. The van der Waals surface area contributed by atoms with Crippen molar-refractivity contribution < 1.29 is 52.5 Å². The zero-order valence-electron chi connectivity index (χ0n) is 17.5. The quantitative estimate of drug-likeness (QED) is 0.200. The SMILES string of the molecule is COC(=O)[C@H]1O[C@@H](OC(=O)Oc2ccc([N+](=O)[O-])cc2)[C@H](OC(C)=O)[C@@H](OC(C)=O)[C@@H]1C. The summed E-state index contributed by atoms with van der Waals surface area (Å²) < 4.78 is 30.5. The molecule has 1 heterocycles. The molecule has 1 fully saturated rings. The normalized spacial score (nSPS) is 24.6. The van der Waals surface area contributed by atoms with Gasteiger partial charge in [0.25, 0.3) is 5.69 Å². The lowest BCUT2D eigenvalue weighted by molar-refractivity contribution is -0.384. The van der Waals surface area contributed by atoms with Gasteiger partial charge in [0.2, 0.25) is 12.4 Å². The van der Waals surface area contributed by atoms with Crippen molar-refractivity contribution >= 4 is 29.8 Å². The predicted octanol–water partition coefficient (Wildman–Crippen LogP) is 1.51. The molecule has 32 heavy (non-hydrogen) atoms. The number of hydrogen-bond acceptors (Lipinski definition) is 12. The van der Waals surface area contributed by atoms with Crippen molar-refractivity contribution in [2.45, 2.75) is 45.4 Å². The van der Waals surface area contributed by atoms with E-state index in [1.54, 1.807) is 0 Å². The highest BCUT2D eigenvalue weighted by atomic mass is 16.8. The number of carbonyl (C=O) groups is 4. The molecule has 0 aromatic heterocycles. The topological polar surface area (TPSA) is 167 Å². The van der Waals surface area contributed by atoms with Crippen molar-refractivity contribution in [1.82, 2.24) is 0 Å². The third kappa shape index (κ3) is 6.14. The van der Waals surface area contributed by atoms with Gasteiger partial charge in [-0.2, -0.15) is 0 Å². The minimum absolute atomic E-state index is 0.0881. The van der Waals surface area contributed by atoms with Gasteiger partial charge in [0.15, 0.2) is 12.2 Å². The summed E-state index contributed by atoms with van der Waals surface area (Å²) in [5, 5.41) is 10.7. The number of methoxy groups -OCH3 is 1. The number of benzene rings is 1. The minimum atomic E-state index is -1.70. The Morgan fingerprint density at radius 1 is 0.969 bits per heavy atom. The molecule has 1 aromatic rings. The molecule has 0 aliphatic carbocycles. The van der Waals surface area contributed by atoms with E-state index < -0.39 is 59.5 Å². The van der Waals surface area contributed by atoms with E-state index in [1.807, 2.05) is 0 Å². The fourth-order valence-corrected chi connectivity index (χ4v) is 2.98. The molecule has 0 spiro atoms. The van der Waals surface area contributed by atoms with E-state index in [0.29, 0.717) is 0 Å². The molecule has 1 aliphatic heterocycles. The van der Waals surface area contributed by atoms with Crippen molar-refractivity contribution in [2.24, 2.45) is 5.92 Å². The minimum Gasteiger partial charge on any atom is -0.467 e. The molecule has 0 bridgehead atoms. The van der Waals surface area contributed by atoms with Gasteiger partial charge in [-0.15, -0.1) is 0 Å². The lowest BCUT2D eigenvalue weighted by Crippen LogP contribution is -2.59. The van der Waals surface area contributed by atoms with Gasteiger partial charge in [-0.3, -0.25) is 19.7 Å². The molecule has 5 atom stereocenters. The average molecular weight is 455 g/mol. The van der Waals surface area contributed by atoms with Crippen LogP contribution in [0.3, 0.4) is 0 Å². The molecule has 1 aliphatic rings. The molecule has 0 amide bonds. The summed E-state index contributed by atoms with van der Waals surface area (Å²) in [6, 6.07) is 4.53. The molecule has 1 aromatic carbocycles. The average Bonchev–Trinajstić information content (AvgIpc) is 2.71. The molecule has 0 N–H and O–H groups in total. The maximum atomic E-state index is 12.3. The number of nitrogens with zero attached hydrogens (tertiary/aromatic N) is 1. The van der Waals surface area contributed by atoms with Gasteiger partial charge in [0, 0.05) is 31.9 Å². The molecule has 0 unspecified atom stereocenters. The first-order valence-electron chi connectivity index (χ1n) is 9.24. The Labute approximate surface area is 181 Å². The number of rotatable bonds is 6. The molecule has 0 saturated carbocycles. The predicted molar refractivity (Wildman–Crippen MR) is 101 cm³/mol. The lowest BCUT2D eigenvalue weighted by atomic mass is 9.90. The third-order valence-corrected chi connectivity index (χ3v) is 4.37. The van der Waals surface area contributed by atoms with Gasteiger partial charge in [0.1, 0.15) is 5.75 Å². The Balaban J connectivity index is 2.25. The fraction of sp³-hybridized carbons (Fsp3) is 0.474. The van der Waals surface area contributed by atoms with Gasteiger partial charge in [0.05, 0.1) is 12.0 Å². The van der Waals surface area contributed by atoms with Crippen LogP contribution >= 0.6 is 0 Å². The molecule has 13 nitrogen and oxygen atoms in total. The Hall–Kier alpha value is -3.74. The van der Waals surface area contributed by atoms with E-state index in [1.165, 1.54) is 6.92 Å². The molecule has 2 rings (SSSR count). The maximum absolute atomic E-state index is 12.3.